The van der Waals surface area contributed by atoms with E-state index in [1.165, 1.54) is 0 Å². The molecule has 1 aromatic carbocycles. The summed E-state index contributed by atoms with van der Waals surface area (Å²) < 4.78 is 0.820. The van der Waals surface area contributed by atoms with Crippen LogP contribution in [0.3, 0.4) is 0 Å². The number of rotatable bonds is 5. The molecule has 0 spiro atoms. The lowest BCUT2D eigenvalue weighted by molar-refractivity contribution is 0.0697. The van der Waals surface area contributed by atoms with Crippen molar-refractivity contribution in [1.82, 2.24) is 0 Å². The fraction of sp³-hybridized carbons (Fsp3) is 0.500. The van der Waals surface area contributed by atoms with Crippen molar-refractivity contribution in [3.8, 4) is 0 Å². The van der Waals surface area contributed by atoms with Gasteiger partial charge in [-0.3, -0.25) is 0 Å². The molecule has 0 saturated heterocycles. The first kappa shape index (κ1) is 15.0. The molecule has 0 bridgehead atoms. The molecule has 0 saturated carbocycles. The third kappa shape index (κ3) is 3.73. The van der Waals surface area contributed by atoms with Crippen molar-refractivity contribution in [3.63, 3.8) is 0 Å². The Bertz CT molecular complexity index is 432. The summed E-state index contributed by atoms with van der Waals surface area (Å²) in [4.78, 5) is 13.1. The molecule has 0 aromatic heterocycles. The van der Waals surface area contributed by atoms with E-state index >= 15 is 0 Å². The molecular formula is C14H20BrNO2. The van der Waals surface area contributed by atoms with Crippen molar-refractivity contribution in [2.24, 2.45) is 5.92 Å². The Morgan fingerprint density at radius 2 is 2.00 bits per heavy atom. The normalized spacial score (nSPS) is 12.6. The van der Waals surface area contributed by atoms with Gasteiger partial charge in [0.25, 0.3) is 0 Å². The molecule has 1 atom stereocenters. The van der Waals surface area contributed by atoms with Crippen LogP contribution in [0, 0.1) is 5.92 Å². The summed E-state index contributed by atoms with van der Waals surface area (Å²) in [7, 11) is 2.04. The molecule has 3 nitrogen and oxygen atoms in total. The molecule has 1 aromatic rings. The molecule has 100 valence electrons. The minimum absolute atomic E-state index is 0.301. The van der Waals surface area contributed by atoms with Gasteiger partial charge in [0.1, 0.15) is 0 Å². The molecule has 0 aliphatic rings. The third-order valence-electron chi connectivity index (χ3n) is 3.05. The Morgan fingerprint density at radius 3 is 2.44 bits per heavy atom. The molecule has 0 aliphatic heterocycles. The number of halogens is 1. The van der Waals surface area contributed by atoms with Crippen LogP contribution in [0.25, 0.3) is 0 Å². The summed E-state index contributed by atoms with van der Waals surface area (Å²) in [6.45, 7) is 6.58. The van der Waals surface area contributed by atoms with Crippen LogP contribution in [-0.2, 0) is 0 Å². The summed E-state index contributed by atoms with van der Waals surface area (Å²) in [6.07, 6.45) is 1.10. The molecule has 0 radical (unpaired) electrons. The predicted molar refractivity (Wildman–Crippen MR) is 78.4 cm³/mol. The van der Waals surface area contributed by atoms with E-state index in [2.05, 4.69) is 41.6 Å². The van der Waals surface area contributed by atoms with Gasteiger partial charge in [-0.2, -0.15) is 0 Å². The number of aromatic carboxylic acids is 1. The Hall–Kier alpha value is -1.03. The van der Waals surface area contributed by atoms with Crippen LogP contribution >= 0.6 is 15.9 Å². The molecule has 18 heavy (non-hydrogen) atoms. The van der Waals surface area contributed by atoms with Crippen LogP contribution in [0.4, 0.5) is 5.69 Å². The van der Waals surface area contributed by atoms with Gasteiger partial charge in [0.15, 0.2) is 0 Å². The van der Waals surface area contributed by atoms with Crippen molar-refractivity contribution < 1.29 is 9.90 Å². The van der Waals surface area contributed by atoms with Crippen LogP contribution < -0.4 is 4.90 Å². The molecule has 0 heterocycles. The van der Waals surface area contributed by atoms with Gasteiger partial charge < -0.3 is 10.0 Å². The number of anilines is 1. The standard InChI is InChI=1S/C14H20BrNO2/c1-9(2)7-10(3)16(4)13-6-5-11(14(17)18)8-12(13)15/h5-6,8-10H,7H2,1-4H3,(H,17,18). The minimum Gasteiger partial charge on any atom is -0.478 e. The maximum Gasteiger partial charge on any atom is 0.335 e. The van der Waals surface area contributed by atoms with Gasteiger partial charge in [-0.25, -0.2) is 4.79 Å². The maximum absolute atomic E-state index is 10.9. The van der Waals surface area contributed by atoms with Gasteiger partial charge in [0.2, 0.25) is 0 Å². The average molecular weight is 314 g/mol. The molecule has 1 unspecified atom stereocenters. The zero-order valence-corrected chi connectivity index (χ0v) is 12.9. The predicted octanol–water partition coefficient (Wildman–Crippen LogP) is 4.02. The first-order valence-corrected chi connectivity index (χ1v) is 6.88. The summed E-state index contributed by atoms with van der Waals surface area (Å²) in [5, 5.41) is 8.93. The number of hydrogen-bond donors (Lipinski definition) is 1. The van der Waals surface area contributed by atoms with Crippen LogP contribution in [-0.4, -0.2) is 24.2 Å². The van der Waals surface area contributed by atoms with E-state index in [0.717, 1.165) is 16.6 Å². The van der Waals surface area contributed by atoms with E-state index in [4.69, 9.17) is 5.11 Å². The van der Waals surface area contributed by atoms with E-state index in [1.807, 2.05) is 13.1 Å². The van der Waals surface area contributed by atoms with Gasteiger partial charge >= 0.3 is 5.97 Å². The average Bonchev–Trinajstić information content (AvgIpc) is 2.26. The molecule has 0 aliphatic carbocycles. The molecule has 4 heteroatoms. The summed E-state index contributed by atoms with van der Waals surface area (Å²) in [5.41, 5.74) is 1.32. The Morgan fingerprint density at radius 1 is 1.39 bits per heavy atom. The maximum atomic E-state index is 10.9. The van der Waals surface area contributed by atoms with Crippen molar-refractivity contribution in [2.75, 3.05) is 11.9 Å². The lowest BCUT2D eigenvalue weighted by atomic mass is 10.0. The van der Waals surface area contributed by atoms with Crippen molar-refractivity contribution in [1.29, 1.82) is 0 Å². The third-order valence-corrected chi connectivity index (χ3v) is 3.68. The SMILES string of the molecule is CC(C)CC(C)N(C)c1ccc(C(=O)O)cc1Br. The second-order valence-electron chi connectivity index (χ2n) is 5.06. The van der Waals surface area contributed by atoms with Crippen LogP contribution in [0.1, 0.15) is 37.6 Å². The molecule has 1 N–H and O–H groups in total. The van der Waals surface area contributed by atoms with E-state index in [0.29, 0.717) is 17.5 Å². The van der Waals surface area contributed by atoms with Gasteiger partial charge in [-0.15, -0.1) is 0 Å². The topological polar surface area (TPSA) is 40.5 Å². The van der Waals surface area contributed by atoms with E-state index < -0.39 is 5.97 Å². The molecule has 0 amide bonds. The van der Waals surface area contributed by atoms with E-state index in [1.54, 1.807) is 12.1 Å². The lowest BCUT2D eigenvalue weighted by Gasteiger charge is -2.29. The zero-order chi connectivity index (χ0) is 13.9. The molecule has 0 fully saturated rings. The van der Waals surface area contributed by atoms with Crippen molar-refractivity contribution >= 4 is 27.6 Å². The first-order valence-electron chi connectivity index (χ1n) is 6.08. The fourth-order valence-electron chi connectivity index (χ4n) is 2.00. The van der Waals surface area contributed by atoms with Crippen molar-refractivity contribution in [2.45, 2.75) is 33.2 Å². The summed E-state index contributed by atoms with van der Waals surface area (Å²) in [5.74, 6) is -0.264. The van der Waals surface area contributed by atoms with Crippen LogP contribution in [0.2, 0.25) is 0 Å². The van der Waals surface area contributed by atoms with Crippen molar-refractivity contribution in [3.05, 3.63) is 28.2 Å². The highest BCUT2D eigenvalue weighted by Crippen LogP contribution is 2.29. The number of carbonyl (C=O) groups is 1. The Kier molecular flexibility index (Phi) is 5.20. The monoisotopic (exact) mass is 313 g/mol. The Labute approximate surface area is 117 Å². The smallest absolute Gasteiger partial charge is 0.335 e. The number of benzene rings is 1. The van der Waals surface area contributed by atoms with Crippen LogP contribution in [0.15, 0.2) is 22.7 Å². The van der Waals surface area contributed by atoms with E-state index in [-0.39, 0.29) is 0 Å². The highest BCUT2D eigenvalue weighted by Gasteiger charge is 2.15. The van der Waals surface area contributed by atoms with Crippen LogP contribution in [0.5, 0.6) is 0 Å². The van der Waals surface area contributed by atoms with Gasteiger partial charge in [0.05, 0.1) is 11.3 Å². The second-order valence-corrected chi connectivity index (χ2v) is 5.92. The van der Waals surface area contributed by atoms with Gasteiger partial charge in [-0.1, -0.05) is 13.8 Å². The van der Waals surface area contributed by atoms with Gasteiger partial charge in [0, 0.05) is 17.6 Å². The Balaban J connectivity index is 2.92. The first-order chi connectivity index (χ1) is 8.32. The highest BCUT2D eigenvalue weighted by atomic mass is 79.9. The highest BCUT2D eigenvalue weighted by molar-refractivity contribution is 9.10. The number of nitrogens with zero attached hydrogens (tertiary/aromatic N) is 1. The zero-order valence-electron chi connectivity index (χ0n) is 11.3. The number of hydrogen-bond acceptors (Lipinski definition) is 2. The molecule has 1 rings (SSSR count). The lowest BCUT2D eigenvalue weighted by Crippen LogP contribution is -2.30. The number of carboxylic acids is 1. The van der Waals surface area contributed by atoms with E-state index in [9.17, 15) is 4.79 Å². The fourth-order valence-corrected chi connectivity index (χ4v) is 2.66. The largest absolute Gasteiger partial charge is 0.478 e. The quantitative estimate of drug-likeness (QED) is 0.892. The number of carboxylic acid groups (broad SMARTS) is 1. The second kappa shape index (κ2) is 6.23. The summed E-state index contributed by atoms with van der Waals surface area (Å²) >= 11 is 3.45. The summed E-state index contributed by atoms with van der Waals surface area (Å²) in [6, 6.07) is 5.55. The molecular weight excluding hydrogens is 294 g/mol. The minimum atomic E-state index is -0.903. The van der Waals surface area contributed by atoms with Gasteiger partial charge in [-0.05, 0) is 53.4 Å².